The predicted octanol–water partition coefficient (Wildman–Crippen LogP) is 3.03. The van der Waals surface area contributed by atoms with E-state index in [0.29, 0.717) is 22.4 Å². The number of nitrogens with one attached hydrogen (secondary N) is 1. The highest BCUT2D eigenvalue weighted by Gasteiger charge is 2.50. The molecule has 1 amide bonds. The second-order valence-corrected chi connectivity index (χ2v) is 5.86. The van der Waals surface area contributed by atoms with E-state index in [4.69, 9.17) is 9.52 Å². The van der Waals surface area contributed by atoms with Gasteiger partial charge in [-0.25, -0.2) is 19.2 Å². The Balaban J connectivity index is 1.65. The van der Waals surface area contributed by atoms with Crippen LogP contribution in [0.1, 0.15) is 23.3 Å². The number of pyridine rings is 1. The van der Waals surface area contributed by atoms with Gasteiger partial charge in [0.25, 0.3) is 5.91 Å². The number of alkyl halides is 1. The maximum atomic E-state index is 13.7. The van der Waals surface area contributed by atoms with E-state index in [2.05, 4.69) is 15.3 Å². The largest absolute Gasteiger partial charge is 0.477 e. The summed E-state index contributed by atoms with van der Waals surface area (Å²) in [6.45, 7) is 0. The predicted molar refractivity (Wildman–Crippen MR) is 85.9 cm³/mol. The van der Waals surface area contributed by atoms with Crippen LogP contribution in [-0.4, -0.2) is 32.6 Å². The summed E-state index contributed by atoms with van der Waals surface area (Å²) >= 11 is 0. The van der Waals surface area contributed by atoms with Gasteiger partial charge in [-0.05, 0) is 43.2 Å². The quantitative estimate of drug-likeness (QED) is 0.756. The number of aromatic nitrogens is 2. The molecule has 0 bridgehead atoms. The fraction of sp³-hybridized carbons (Fsp3) is 0.176. The van der Waals surface area contributed by atoms with Crippen LogP contribution in [0.4, 0.5) is 10.1 Å². The highest BCUT2D eigenvalue weighted by atomic mass is 19.1. The number of hydrogen-bond acceptors (Lipinski definition) is 5. The lowest BCUT2D eigenvalue weighted by Gasteiger charge is -2.06. The number of carboxylic acids is 1. The maximum Gasteiger partial charge on any atom is 0.354 e. The van der Waals surface area contributed by atoms with Crippen molar-refractivity contribution in [1.29, 1.82) is 0 Å². The molecule has 3 aromatic rings. The van der Waals surface area contributed by atoms with E-state index in [1.165, 1.54) is 12.3 Å². The van der Waals surface area contributed by atoms with Crippen molar-refractivity contribution >= 4 is 28.7 Å². The molecule has 25 heavy (non-hydrogen) atoms. The Hall–Kier alpha value is -3.29. The Kier molecular flexibility index (Phi) is 3.28. The molecule has 0 unspecified atom stereocenters. The van der Waals surface area contributed by atoms with Crippen LogP contribution in [0.15, 0.2) is 40.9 Å². The highest BCUT2D eigenvalue weighted by molar-refractivity contribution is 6.00. The van der Waals surface area contributed by atoms with Crippen molar-refractivity contribution in [3.8, 4) is 11.5 Å². The topological polar surface area (TPSA) is 105 Å². The minimum atomic E-state index is -1.76. The number of hydrogen-bond donors (Lipinski definition) is 2. The maximum absolute atomic E-state index is 13.7. The van der Waals surface area contributed by atoms with Crippen LogP contribution in [0.25, 0.3) is 22.6 Å². The summed E-state index contributed by atoms with van der Waals surface area (Å²) in [4.78, 5) is 30.8. The number of benzene rings is 1. The molecule has 0 spiro atoms. The van der Waals surface area contributed by atoms with Crippen LogP contribution in [0.2, 0.25) is 0 Å². The van der Waals surface area contributed by atoms with Crippen LogP contribution >= 0.6 is 0 Å². The molecule has 1 saturated carbocycles. The summed E-state index contributed by atoms with van der Waals surface area (Å²) in [5.74, 6) is -1.58. The summed E-state index contributed by atoms with van der Waals surface area (Å²) in [5.41, 5.74) is -0.0652. The van der Waals surface area contributed by atoms with Gasteiger partial charge in [0.05, 0.1) is 0 Å². The van der Waals surface area contributed by atoms with Gasteiger partial charge in [-0.1, -0.05) is 0 Å². The van der Waals surface area contributed by atoms with Crippen LogP contribution < -0.4 is 5.32 Å². The van der Waals surface area contributed by atoms with E-state index in [0.717, 1.165) is 0 Å². The van der Waals surface area contributed by atoms with Gasteiger partial charge in [0, 0.05) is 17.4 Å². The molecule has 1 aliphatic carbocycles. The number of amides is 1. The van der Waals surface area contributed by atoms with E-state index in [1.54, 1.807) is 24.3 Å². The molecule has 8 heteroatoms. The Bertz CT molecular complexity index is 1010. The molecule has 4 rings (SSSR count). The summed E-state index contributed by atoms with van der Waals surface area (Å²) in [6, 6.07) is 7.72. The molecule has 1 fully saturated rings. The molecule has 2 aromatic heterocycles. The van der Waals surface area contributed by atoms with E-state index < -0.39 is 17.5 Å². The van der Waals surface area contributed by atoms with Gasteiger partial charge >= 0.3 is 5.97 Å². The van der Waals surface area contributed by atoms with E-state index in [1.807, 2.05) is 0 Å². The molecule has 2 heterocycles. The van der Waals surface area contributed by atoms with Crippen molar-refractivity contribution in [2.45, 2.75) is 18.5 Å². The summed E-state index contributed by atoms with van der Waals surface area (Å²) in [6.07, 6.45) is 1.84. The van der Waals surface area contributed by atoms with Gasteiger partial charge in [-0.2, -0.15) is 0 Å². The van der Waals surface area contributed by atoms with Crippen molar-refractivity contribution in [3.63, 3.8) is 0 Å². The Morgan fingerprint density at radius 2 is 2.04 bits per heavy atom. The van der Waals surface area contributed by atoms with Crippen molar-refractivity contribution in [3.05, 3.63) is 42.2 Å². The Morgan fingerprint density at radius 3 is 2.76 bits per heavy atom. The highest BCUT2D eigenvalue weighted by Crippen LogP contribution is 2.40. The van der Waals surface area contributed by atoms with Crippen LogP contribution in [0.5, 0.6) is 0 Å². The number of oxazole rings is 1. The first-order valence-electron chi connectivity index (χ1n) is 7.55. The summed E-state index contributed by atoms with van der Waals surface area (Å²) in [5, 5.41) is 11.5. The number of carboxylic acid groups (broad SMARTS) is 1. The lowest BCUT2D eigenvalue weighted by Crippen LogP contribution is -2.25. The summed E-state index contributed by atoms with van der Waals surface area (Å²) < 4.78 is 19.3. The SMILES string of the molecule is O=C(O)c1cc(-c2nc3cc(NC(=O)C4(F)CC4)ccc3o2)ccn1. The fourth-order valence-corrected chi connectivity index (χ4v) is 2.39. The number of rotatable bonds is 4. The van der Waals surface area contributed by atoms with Gasteiger partial charge in [0.2, 0.25) is 5.89 Å². The number of carbonyl (C=O) groups excluding carboxylic acids is 1. The zero-order chi connectivity index (χ0) is 17.6. The molecular formula is C17H12FN3O4. The average Bonchev–Trinajstić information content (AvgIpc) is 3.21. The minimum absolute atomic E-state index is 0.120. The van der Waals surface area contributed by atoms with Gasteiger partial charge < -0.3 is 14.8 Å². The molecule has 1 aromatic carbocycles. The first kappa shape index (κ1) is 15.3. The Morgan fingerprint density at radius 1 is 1.24 bits per heavy atom. The standard InChI is InChI=1S/C17H12FN3O4/c18-17(4-5-17)16(24)20-10-1-2-13-11(8-10)21-14(25-13)9-3-6-19-12(7-9)15(22)23/h1-3,6-8H,4-5H2,(H,20,24)(H,22,23). The van der Waals surface area contributed by atoms with E-state index in [9.17, 15) is 14.0 Å². The lowest BCUT2D eigenvalue weighted by atomic mass is 10.2. The third-order valence-corrected chi connectivity index (χ3v) is 3.97. The Labute approximate surface area is 140 Å². The van der Waals surface area contributed by atoms with Crippen LogP contribution in [0, 0.1) is 0 Å². The third kappa shape index (κ3) is 2.82. The summed E-state index contributed by atoms with van der Waals surface area (Å²) in [7, 11) is 0. The molecule has 0 aliphatic heterocycles. The number of aromatic carboxylic acids is 1. The lowest BCUT2D eigenvalue weighted by molar-refractivity contribution is -0.122. The number of fused-ring (bicyclic) bond motifs is 1. The zero-order valence-corrected chi connectivity index (χ0v) is 12.8. The first-order valence-corrected chi connectivity index (χ1v) is 7.55. The number of nitrogens with zero attached hydrogens (tertiary/aromatic N) is 2. The van der Waals surface area contributed by atoms with E-state index >= 15 is 0 Å². The molecule has 7 nitrogen and oxygen atoms in total. The van der Waals surface area contributed by atoms with Gasteiger partial charge in [-0.15, -0.1) is 0 Å². The minimum Gasteiger partial charge on any atom is -0.477 e. The van der Waals surface area contributed by atoms with Crippen molar-refractivity contribution in [2.75, 3.05) is 5.32 Å². The van der Waals surface area contributed by atoms with E-state index in [-0.39, 0.29) is 24.4 Å². The van der Waals surface area contributed by atoms with Crippen LogP contribution in [-0.2, 0) is 4.79 Å². The molecule has 0 atom stereocenters. The van der Waals surface area contributed by atoms with Gasteiger partial charge in [0.15, 0.2) is 11.3 Å². The number of carbonyl (C=O) groups is 2. The smallest absolute Gasteiger partial charge is 0.354 e. The van der Waals surface area contributed by atoms with Crippen molar-refractivity contribution in [2.24, 2.45) is 0 Å². The molecule has 0 radical (unpaired) electrons. The number of halogens is 1. The molecule has 0 saturated heterocycles. The molecule has 2 N–H and O–H groups in total. The third-order valence-electron chi connectivity index (χ3n) is 3.97. The molecular weight excluding hydrogens is 329 g/mol. The zero-order valence-electron chi connectivity index (χ0n) is 12.8. The molecule has 1 aliphatic rings. The van der Waals surface area contributed by atoms with Crippen molar-refractivity contribution < 1.29 is 23.5 Å². The number of anilines is 1. The average molecular weight is 341 g/mol. The fourth-order valence-electron chi connectivity index (χ4n) is 2.39. The van der Waals surface area contributed by atoms with Crippen LogP contribution in [0.3, 0.4) is 0 Å². The van der Waals surface area contributed by atoms with Gasteiger partial charge in [0.1, 0.15) is 11.2 Å². The molecule has 126 valence electrons. The normalized spacial score (nSPS) is 15.1. The van der Waals surface area contributed by atoms with Crippen molar-refractivity contribution in [1.82, 2.24) is 9.97 Å². The second-order valence-electron chi connectivity index (χ2n) is 5.86. The second kappa shape index (κ2) is 5.37. The van der Waals surface area contributed by atoms with Gasteiger partial charge in [-0.3, -0.25) is 4.79 Å². The first-order chi connectivity index (χ1) is 11.9. The monoisotopic (exact) mass is 341 g/mol.